The highest BCUT2D eigenvalue weighted by atomic mass is 19.4. The fourth-order valence-corrected chi connectivity index (χ4v) is 2.92. The van der Waals surface area contributed by atoms with Gasteiger partial charge in [0.2, 0.25) is 0 Å². The molecule has 6 nitrogen and oxygen atoms in total. The highest BCUT2D eigenvalue weighted by Gasteiger charge is 2.30. The number of amides is 2. The molecule has 3 aromatic carbocycles. The third-order valence-corrected chi connectivity index (χ3v) is 4.36. The van der Waals surface area contributed by atoms with E-state index in [4.69, 9.17) is 4.74 Å². The van der Waals surface area contributed by atoms with Gasteiger partial charge in [0.05, 0.1) is 16.6 Å². The van der Waals surface area contributed by atoms with Gasteiger partial charge in [-0.1, -0.05) is 6.07 Å². The number of ether oxygens (including phenoxy) is 1. The monoisotopic (exact) mass is 460 g/mol. The van der Waals surface area contributed by atoms with E-state index in [0.29, 0.717) is 11.0 Å². The summed E-state index contributed by atoms with van der Waals surface area (Å²) >= 11 is 0. The molecule has 0 fully saturated rings. The number of benzene rings is 3. The molecule has 0 atom stereocenters. The smallest absolute Gasteiger partial charge is 0.416 e. The van der Waals surface area contributed by atoms with Crippen LogP contribution in [0, 0.1) is 11.6 Å². The predicted molar refractivity (Wildman–Crippen MR) is 110 cm³/mol. The van der Waals surface area contributed by atoms with Crippen molar-refractivity contribution in [1.82, 2.24) is 9.97 Å². The van der Waals surface area contributed by atoms with Crippen molar-refractivity contribution in [2.45, 2.75) is 6.18 Å². The summed E-state index contributed by atoms with van der Waals surface area (Å²) in [4.78, 5) is 20.2. The van der Waals surface area contributed by atoms with Crippen LogP contribution in [0.15, 0.2) is 67.0 Å². The highest BCUT2D eigenvalue weighted by molar-refractivity contribution is 5.99. The van der Waals surface area contributed by atoms with E-state index in [1.54, 1.807) is 6.07 Å². The van der Waals surface area contributed by atoms with E-state index in [2.05, 4.69) is 20.6 Å². The number of rotatable bonds is 4. The molecule has 0 spiro atoms. The molecule has 2 amide bonds. The van der Waals surface area contributed by atoms with Gasteiger partial charge in [-0.2, -0.15) is 13.2 Å². The molecule has 4 aromatic rings. The molecule has 33 heavy (non-hydrogen) atoms. The lowest BCUT2D eigenvalue weighted by Crippen LogP contribution is -2.20. The first kappa shape index (κ1) is 21.9. The molecule has 0 unspecified atom stereocenters. The maximum Gasteiger partial charge on any atom is 0.416 e. The van der Waals surface area contributed by atoms with Crippen LogP contribution in [0.5, 0.6) is 11.5 Å². The van der Waals surface area contributed by atoms with Crippen LogP contribution in [0.4, 0.5) is 38.1 Å². The number of hydrogen-bond donors (Lipinski definition) is 2. The summed E-state index contributed by atoms with van der Waals surface area (Å²) < 4.78 is 72.6. The number of alkyl halides is 3. The van der Waals surface area contributed by atoms with Crippen LogP contribution in [0.1, 0.15) is 5.56 Å². The Morgan fingerprint density at radius 1 is 0.818 bits per heavy atom. The van der Waals surface area contributed by atoms with Crippen molar-refractivity contribution in [1.29, 1.82) is 0 Å². The van der Waals surface area contributed by atoms with Gasteiger partial charge in [-0.05, 0) is 30.3 Å². The molecule has 0 aliphatic rings. The topological polar surface area (TPSA) is 76.1 Å². The zero-order valence-corrected chi connectivity index (χ0v) is 16.5. The van der Waals surface area contributed by atoms with Crippen molar-refractivity contribution >= 4 is 28.4 Å². The van der Waals surface area contributed by atoms with E-state index in [1.165, 1.54) is 30.6 Å². The number of urea groups is 1. The Labute approximate surface area is 183 Å². The molecule has 0 radical (unpaired) electrons. The number of nitrogens with one attached hydrogen (secondary N) is 2. The van der Waals surface area contributed by atoms with Gasteiger partial charge in [0, 0.05) is 42.0 Å². The number of carbonyl (C=O) groups excluding carboxylic acids is 1. The summed E-state index contributed by atoms with van der Waals surface area (Å²) in [6.07, 6.45) is -1.64. The number of fused-ring (bicyclic) bond motifs is 1. The molecule has 0 bridgehead atoms. The molecular weight excluding hydrogens is 447 g/mol. The van der Waals surface area contributed by atoms with E-state index >= 15 is 0 Å². The van der Waals surface area contributed by atoms with Crippen molar-refractivity contribution in [2.75, 3.05) is 10.6 Å². The first-order valence-electron chi connectivity index (χ1n) is 9.32. The lowest BCUT2D eigenvalue weighted by atomic mass is 10.2. The molecule has 0 saturated heterocycles. The van der Waals surface area contributed by atoms with Crippen LogP contribution in [0.2, 0.25) is 0 Å². The van der Waals surface area contributed by atoms with Crippen LogP contribution < -0.4 is 15.4 Å². The zero-order chi connectivity index (χ0) is 23.6. The molecule has 2 N–H and O–H groups in total. The first-order valence-corrected chi connectivity index (χ1v) is 9.32. The molecule has 0 saturated carbocycles. The second-order valence-corrected chi connectivity index (χ2v) is 6.74. The van der Waals surface area contributed by atoms with Crippen molar-refractivity contribution in [3.63, 3.8) is 0 Å². The first-order chi connectivity index (χ1) is 15.7. The molecular formula is C22H13F5N4O2. The Morgan fingerprint density at radius 2 is 1.48 bits per heavy atom. The molecule has 1 heterocycles. The molecule has 1 aromatic heterocycles. The Bertz CT molecular complexity index is 1320. The number of aromatic nitrogens is 2. The van der Waals surface area contributed by atoms with E-state index in [0.717, 1.165) is 30.3 Å². The second kappa shape index (κ2) is 8.69. The van der Waals surface area contributed by atoms with Crippen molar-refractivity contribution in [2.24, 2.45) is 0 Å². The summed E-state index contributed by atoms with van der Waals surface area (Å²) in [5.41, 5.74) is -0.357. The van der Waals surface area contributed by atoms with Gasteiger partial charge < -0.3 is 15.4 Å². The van der Waals surface area contributed by atoms with E-state index < -0.39 is 35.2 Å². The Kier molecular flexibility index (Phi) is 5.78. The van der Waals surface area contributed by atoms with E-state index in [1.807, 2.05) is 0 Å². The summed E-state index contributed by atoms with van der Waals surface area (Å²) in [5, 5.41) is 4.33. The van der Waals surface area contributed by atoms with Crippen molar-refractivity contribution < 1.29 is 31.5 Å². The van der Waals surface area contributed by atoms with Crippen LogP contribution in [0.25, 0.3) is 11.0 Å². The van der Waals surface area contributed by atoms with E-state index in [-0.39, 0.29) is 17.1 Å². The van der Waals surface area contributed by atoms with Gasteiger partial charge in [0.1, 0.15) is 5.75 Å². The third-order valence-electron chi connectivity index (χ3n) is 4.36. The lowest BCUT2D eigenvalue weighted by Gasteiger charge is -2.12. The van der Waals surface area contributed by atoms with Crippen LogP contribution in [-0.4, -0.2) is 16.0 Å². The number of carbonyl (C=O) groups is 1. The quantitative estimate of drug-likeness (QED) is 0.348. The minimum Gasteiger partial charge on any atom is -0.451 e. The molecule has 0 aliphatic carbocycles. The van der Waals surface area contributed by atoms with Crippen LogP contribution in [-0.2, 0) is 6.18 Å². The summed E-state index contributed by atoms with van der Waals surface area (Å²) in [6, 6.07) is 9.04. The SMILES string of the molecule is O=C(Nc1cccc(C(F)(F)F)c1)Nc1cc(F)c(Oc2ccc3nccnc3c2)c(F)c1. The second-order valence-electron chi connectivity index (χ2n) is 6.74. The summed E-state index contributed by atoms with van der Waals surface area (Å²) in [5.74, 6) is -2.81. The maximum absolute atomic E-state index is 14.5. The number of hydrogen-bond acceptors (Lipinski definition) is 4. The van der Waals surface area contributed by atoms with Crippen molar-refractivity contribution in [3.8, 4) is 11.5 Å². The van der Waals surface area contributed by atoms with Crippen LogP contribution >= 0.6 is 0 Å². The van der Waals surface area contributed by atoms with Gasteiger partial charge >= 0.3 is 12.2 Å². The predicted octanol–water partition coefficient (Wildman–Crippen LogP) is 6.36. The van der Waals surface area contributed by atoms with E-state index in [9.17, 15) is 26.7 Å². The summed E-state index contributed by atoms with van der Waals surface area (Å²) in [6.45, 7) is 0. The average molecular weight is 460 g/mol. The summed E-state index contributed by atoms with van der Waals surface area (Å²) in [7, 11) is 0. The Balaban J connectivity index is 1.48. The van der Waals surface area contributed by atoms with Gasteiger partial charge in [-0.25, -0.2) is 13.6 Å². The minimum atomic E-state index is -4.59. The van der Waals surface area contributed by atoms with Gasteiger partial charge in [0.15, 0.2) is 17.4 Å². The van der Waals surface area contributed by atoms with Crippen LogP contribution in [0.3, 0.4) is 0 Å². The molecule has 11 heteroatoms. The standard InChI is InChI=1S/C22H13F5N4O2/c23-16-9-14(31-21(32)30-13-3-1-2-12(8-13)22(25,26)27)10-17(24)20(16)33-15-4-5-18-19(11-15)29-7-6-28-18/h1-11H,(H2,30,31,32). The Morgan fingerprint density at radius 3 is 2.18 bits per heavy atom. The Hall–Kier alpha value is -4.28. The van der Waals surface area contributed by atoms with Gasteiger partial charge in [-0.15, -0.1) is 0 Å². The largest absolute Gasteiger partial charge is 0.451 e. The number of anilines is 2. The van der Waals surface area contributed by atoms with Gasteiger partial charge in [0.25, 0.3) is 0 Å². The maximum atomic E-state index is 14.5. The molecule has 168 valence electrons. The molecule has 4 rings (SSSR count). The fourth-order valence-electron chi connectivity index (χ4n) is 2.92. The molecule has 0 aliphatic heterocycles. The van der Waals surface area contributed by atoms with Crippen molar-refractivity contribution in [3.05, 3.63) is 84.2 Å². The van der Waals surface area contributed by atoms with Gasteiger partial charge in [-0.3, -0.25) is 9.97 Å². The third kappa shape index (κ3) is 5.14. The number of nitrogens with zero attached hydrogens (tertiary/aromatic N) is 2. The average Bonchev–Trinajstić information content (AvgIpc) is 2.76. The number of halogens is 5. The fraction of sp³-hybridized carbons (Fsp3) is 0.0455. The zero-order valence-electron chi connectivity index (χ0n) is 16.5. The normalized spacial score (nSPS) is 11.3. The minimum absolute atomic E-state index is 0.115. The lowest BCUT2D eigenvalue weighted by molar-refractivity contribution is -0.137. The highest BCUT2D eigenvalue weighted by Crippen LogP contribution is 2.32.